The number of nitrogens with one attached hydrogen (secondary N) is 1. The molecular formula is C60H119NO4. The van der Waals surface area contributed by atoms with Crippen molar-refractivity contribution in [1.29, 1.82) is 0 Å². The molecule has 1 amide bonds. The maximum Gasteiger partial charge on any atom is 0.249 e. The first kappa shape index (κ1) is 64.1. The van der Waals surface area contributed by atoms with Gasteiger partial charge in [0.25, 0.3) is 0 Å². The maximum atomic E-state index is 12.6. The Labute approximate surface area is 408 Å². The Bertz CT molecular complexity index is 925. The van der Waals surface area contributed by atoms with Crippen LogP contribution < -0.4 is 5.32 Å². The van der Waals surface area contributed by atoms with Crippen LogP contribution in [-0.4, -0.2) is 46.1 Å². The zero-order valence-electron chi connectivity index (χ0n) is 44.4. The van der Waals surface area contributed by atoms with E-state index in [2.05, 4.69) is 19.2 Å². The molecule has 0 aromatic heterocycles. The van der Waals surface area contributed by atoms with Gasteiger partial charge in [0, 0.05) is 0 Å². The zero-order chi connectivity index (χ0) is 47.2. The Morgan fingerprint density at radius 2 is 0.600 bits per heavy atom. The molecule has 0 heterocycles. The summed E-state index contributed by atoms with van der Waals surface area (Å²) >= 11 is 0. The van der Waals surface area contributed by atoms with E-state index in [1.165, 1.54) is 289 Å². The normalized spacial score (nSPS) is 13.2. The van der Waals surface area contributed by atoms with E-state index in [0.717, 1.165) is 32.1 Å². The van der Waals surface area contributed by atoms with Gasteiger partial charge in [-0.2, -0.15) is 0 Å². The molecule has 0 radical (unpaired) electrons. The predicted molar refractivity (Wildman–Crippen MR) is 287 cm³/mol. The first-order valence-corrected chi connectivity index (χ1v) is 30.0. The fourth-order valence-electron chi connectivity index (χ4n) is 9.72. The summed E-state index contributed by atoms with van der Waals surface area (Å²) in [5.41, 5.74) is 0. The first-order chi connectivity index (χ1) is 32.1. The molecule has 0 aliphatic carbocycles. The minimum atomic E-state index is -1.09. The SMILES string of the molecule is CCCCCCCCCCCCCCCCC/C=C/C(O)C(CO)NC(=O)C(O)CCCCCCCCCCCCCCCCCCCCCCCCCCCCCCCCCCCC. The molecule has 0 spiro atoms. The van der Waals surface area contributed by atoms with Crippen LogP contribution in [0.4, 0.5) is 0 Å². The van der Waals surface area contributed by atoms with Gasteiger partial charge in [0.15, 0.2) is 0 Å². The van der Waals surface area contributed by atoms with Gasteiger partial charge in [0.05, 0.1) is 18.8 Å². The molecule has 0 bridgehead atoms. The summed E-state index contributed by atoms with van der Waals surface area (Å²) in [4.78, 5) is 12.6. The number of aliphatic hydroxyl groups excluding tert-OH is 3. The van der Waals surface area contributed by atoms with Gasteiger partial charge >= 0.3 is 0 Å². The molecule has 5 nitrogen and oxygen atoms in total. The summed E-state index contributed by atoms with van der Waals surface area (Å²) in [6, 6.07) is -0.794. The molecule has 0 aromatic carbocycles. The summed E-state index contributed by atoms with van der Waals surface area (Å²) in [6.07, 6.45) is 70.3. The Kier molecular flexibility index (Phi) is 54.9. The van der Waals surface area contributed by atoms with Crippen molar-refractivity contribution >= 4 is 5.91 Å². The van der Waals surface area contributed by atoms with Gasteiger partial charge in [-0.05, 0) is 19.3 Å². The lowest BCUT2D eigenvalue weighted by molar-refractivity contribution is -0.131. The molecule has 65 heavy (non-hydrogen) atoms. The molecule has 0 rings (SSSR count). The third-order valence-corrected chi connectivity index (χ3v) is 14.4. The van der Waals surface area contributed by atoms with Crippen LogP contribution in [0.2, 0.25) is 0 Å². The number of hydrogen-bond donors (Lipinski definition) is 4. The second-order valence-corrected chi connectivity index (χ2v) is 20.9. The number of carbonyl (C=O) groups excluding carboxylic acids is 1. The highest BCUT2D eigenvalue weighted by Gasteiger charge is 2.22. The van der Waals surface area contributed by atoms with Gasteiger partial charge in [-0.25, -0.2) is 0 Å². The first-order valence-electron chi connectivity index (χ1n) is 30.0. The minimum Gasteiger partial charge on any atom is -0.394 e. The molecule has 0 aromatic rings. The monoisotopic (exact) mass is 918 g/mol. The Hall–Kier alpha value is -0.910. The summed E-state index contributed by atoms with van der Waals surface area (Å²) in [7, 11) is 0. The van der Waals surface area contributed by atoms with Gasteiger partial charge in [-0.3, -0.25) is 4.79 Å². The van der Waals surface area contributed by atoms with Crippen LogP contribution in [0.25, 0.3) is 0 Å². The largest absolute Gasteiger partial charge is 0.394 e. The average Bonchev–Trinajstić information content (AvgIpc) is 3.31. The number of rotatable bonds is 56. The third-order valence-electron chi connectivity index (χ3n) is 14.4. The predicted octanol–water partition coefficient (Wildman–Crippen LogP) is 18.7. The van der Waals surface area contributed by atoms with E-state index in [9.17, 15) is 20.1 Å². The summed E-state index contributed by atoms with van der Waals surface area (Å²) < 4.78 is 0. The highest BCUT2D eigenvalue weighted by Crippen LogP contribution is 2.19. The molecule has 5 heteroatoms. The van der Waals surface area contributed by atoms with Crippen LogP contribution in [0, 0.1) is 0 Å². The number of aliphatic hydroxyl groups is 3. The Morgan fingerprint density at radius 1 is 0.369 bits per heavy atom. The van der Waals surface area contributed by atoms with E-state index < -0.39 is 24.2 Å². The van der Waals surface area contributed by atoms with Crippen molar-refractivity contribution < 1.29 is 20.1 Å². The van der Waals surface area contributed by atoms with Crippen LogP contribution >= 0.6 is 0 Å². The van der Waals surface area contributed by atoms with Crippen molar-refractivity contribution in [2.24, 2.45) is 0 Å². The number of carbonyl (C=O) groups is 1. The van der Waals surface area contributed by atoms with Crippen LogP contribution in [0.3, 0.4) is 0 Å². The molecule has 0 aliphatic rings. The van der Waals surface area contributed by atoms with Crippen molar-refractivity contribution in [2.75, 3.05) is 6.61 Å². The zero-order valence-corrected chi connectivity index (χ0v) is 44.4. The number of allylic oxidation sites excluding steroid dienone is 1. The van der Waals surface area contributed by atoms with Gasteiger partial charge in [-0.1, -0.05) is 334 Å². The van der Waals surface area contributed by atoms with E-state index in [0.29, 0.717) is 6.42 Å². The van der Waals surface area contributed by atoms with Crippen molar-refractivity contribution in [2.45, 2.75) is 360 Å². The van der Waals surface area contributed by atoms with E-state index in [1.54, 1.807) is 6.08 Å². The van der Waals surface area contributed by atoms with E-state index in [4.69, 9.17) is 0 Å². The Morgan fingerprint density at radius 3 is 0.846 bits per heavy atom. The fourth-order valence-corrected chi connectivity index (χ4v) is 9.72. The molecule has 4 N–H and O–H groups in total. The van der Waals surface area contributed by atoms with Crippen molar-refractivity contribution in [1.82, 2.24) is 5.32 Å². The maximum absolute atomic E-state index is 12.6. The topological polar surface area (TPSA) is 89.8 Å². The second-order valence-electron chi connectivity index (χ2n) is 20.9. The van der Waals surface area contributed by atoms with Crippen molar-refractivity contribution in [3.05, 3.63) is 12.2 Å². The van der Waals surface area contributed by atoms with Crippen LogP contribution in [0.15, 0.2) is 12.2 Å². The lowest BCUT2D eigenvalue weighted by atomic mass is 10.0. The molecule has 0 saturated heterocycles. The third kappa shape index (κ3) is 50.8. The fraction of sp³-hybridized carbons (Fsp3) is 0.950. The van der Waals surface area contributed by atoms with E-state index >= 15 is 0 Å². The molecule has 0 fully saturated rings. The van der Waals surface area contributed by atoms with Gasteiger partial charge in [-0.15, -0.1) is 0 Å². The van der Waals surface area contributed by atoms with E-state index in [1.807, 2.05) is 6.08 Å². The van der Waals surface area contributed by atoms with Crippen LogP contribution in [0.1, 0.15) is 341 Å². The van der Waals surface area contributed by atoms with E-state index in [-0.39, 0.29) is 6.61 Å². The number of amides is 1. The summed E-state index contributed by atoms with van der Waals surface area (Å²) in [5, 5.41) is 33.4. The number of unbranched alkanes of at least 4 members (excludes halogenated alkanes) is 48. The van der Waals surface area contributed by atoms with Crippen molar-refractivity contribution in [3.8, 4) is 0 Å². The van der Waals surface area contributed by atoms with Gasteiger partial charge in [0.2, 0.25) is 5.91 Å². The summed E-state index contributed by atoms with van der Waals surface area (Å²) in [6.45, 7) is 4.22. The highest BCUT2D eigenvalue weighted by molar-refractivity contribution is 5.80. The molecule has 0 aliphatic heterocycles. The molecule has 388 valence electrons. The molecular weight excluding hydrogens is 799 g/mol. The summed E-state index contributed by atoms with van der Waals surface area (Å²) in [5.74, 6) is -0.495. The molecule has 3 atom stereocenters. The minimum absolute atomic E-state index is 0.359. The van der Waals surface area contributed by atoms with Gasteiger partial charge in [0.1, 0.15) is 6.10 Å². The standard InChI is InChI=1S/C60H119NO4/c1-3-5-7-9-11-13-15-17-19-21-22-23-24-25-26-27-28-29-30-31-32-33-34-35-36-37-39-41-43-45-47-49-51-53-55-59(64)60(65)61-57(56-62)58(63)54-52-50-48-46-44-42-40-38-20-18-16-14-12-10-8-6-4-2/h52,54,57-59,62-64H,3-51,53,55-56H2,1-2H3,(H,61,65)/b54-52+. The molecule has 0 saturated carbocycles. The smallest absolute Gasteiger partial charge is 0.249 e. The Balaban J connectivity index is 3.46. The van der Waals surface area contributed by atoms with Crippen molar-refractivity contribution in [3.63, 3.8) is 0 Å². The lowest BCUT2D eigenvalue weighted by Gasteiger charge is -2.21. The van der Waals surface area contributed by atoms with Crippen LogP contribution in [0.5, 0.6) is 0 Å². The number of hydrogen-bond acceptors (Lipinski definition) is 4. The van der Waals surface area contributed by atoms with Gasteiger partial charge < -0.3 is 20.6 Å². The second kappa shape index (κ2) is 55.7. The van der Waals surface area contributed by atoms with Crippen LogP contribution in [-0.2, 0) is 4.79 Å². The quantitative estimate of drug-likeness (QED) is 0.0361. The molecule has 3 unspecified atom stereocenters. The average molecular weight is 919 g/mol. The highest BCUT2D eigenvalue weighted by atomic mass is 16.3. The lowest BCUT2D eigenvalue weighted by Crippen LogP contribution is -2.48.